The fourth-order valence-electron chi connectivity index (χ4n) is 3.81. The van der Waals surface area contributed by atoms with Crippen LogP contribution in [0.1, 0.15) is 32.6 Å². The summed E-state index contributed by atoms with van der Waals surface area (Å²) in [6.45, 7) is 1.48. The number of aliphatic carboxylic acids is 1. The Labute approximate surface area is 190 Å². The number of benzene rings is 2. The number of nitrogen functional groups attached to an aromatic ring is 2. The van der Waals surface area contributed by atoms with E-state index in [1.54, 1.807) is 24.3 Å². The number of nitrogens with zero attached hydrogens (tertiary/aromatic N) is 1. The number of carboxylic acids is 1. The van der Waals surface area contributed by atoms with Crippen LogP contribution in [0.3, 0.4) is 0 Å². The minimum atomic E-state index is -1.04. The molecule has 6 N–H and O–H groups in total. The number of rotatable bonds is 7. The number of H-pyrrole nitrogens is 1. The van der Waals surface area contributed by atoms with Crippen molar-refractivity contribution < 1.29 is 19.4 Å². The van der Waals surface area contributed by atoms with Crippen LogP contribution in [0.4, 0.5) is 11.5 Å². The topological polar surface area (TPSA) is 154 Å². The molecular formula is C24H26N4O5. The first-order chi connectivity index (χ1) is 15.8. The number of nitrogens with two attached hydrogens (primary N) is 2. The lowest BCUT2D eigenvalue weighted by molar-refractivity contribution is -0.144. The Hall–Kier alpha value is -4.01. The van der Waals surface area contributed by atoms with Crippen molar-refractivity contribution in [1.29, 1.82) is 0 Å². The number of carboxylic acid groups (broad SMARTS) is 1. The molecule has 9 nitrogen and oxygen atoms in total. The van der Waals surface area contributed by atoms with Crippen molar-refractivity contribution in [3.05, 3.63) is 52.8 Å². The molecule has 172 valence electrons. The summed E-state index contributed by atoms with van der Waals surface area (Å²) in [7, 11) is 0. The van der Waals surface area contributed by atoms with E-state index in [9.17, 15) is 9.59 Å². The van der Waals surface area contributed by atoms with Gasteiger partial charge in [-0.25, -0.2) is 9.78 Å². The van der Waals surface area contributed by atoms with E-state index in [4.69, 9.17) is 26.0 Å². The van der Waals surface area contributed by atoms with Crippen LogP contribution in [0.2, 0.25) is 0 Å². The van der Waals surface area contributed by atoms with Gasteiger partial charge >= 0.3 is 5.97 Å². The summed E-state index contributed by atoms with van der Waals surface area (Å²) in [5, 5.41) is 9.11. The summed E-state index contributed by atoms with van der Waals surface area (Å²) >= 11 is 0. The molecule has 0 amide bonds. The van der Waals surface area contributed by atoms with Crippen molar-refractivity contribution in [2.75, 3.05) is 11.5 Å². The largest absolute Gasteiger partial charge is 0.490 e. The molecule has 3 aromatic rings. The Morgan fingerprint density at radius 3 is 2.58 bits per heavy atom. The van der Waals surface area contributed by atoms with Gasteiger partial charge in [-0.05, 0) is 68.0 Å². The summed E-state index contributed by atoms with van der Waals surface area (Å²) in [6, 6.07) is 12.7. The molecule has 2 aromatic carbocycles. The van der Waals surface area contributed by atoms with Gasteiger partial charge in [0, 0.05) is 0 Å². The van der Waals surface area contributed by atoms with E-state index in [1.165, 1.54) is 6.92 Å². The highest BCUT2D eigenvalue weighted by Crippen LogP contribution is 2.36. The zero-order chi connectivity index (χ0) is 23.5. The molecule has 0 spiro atoms. The van der Waals surface area contributed by atoms with Crippen molar-refractivity contribution in [1.82, 2.24) is 9.97 Å². The normalized spacial score (nSPS) is 14.7. The summed E-state index contributed by atoms with van der Waals surface area (Å²) in [6.07, 6.45) is 3.21. The average Bonchev–Trinajstić information content (AvgIpc) is 3.30. The van der Waals surface area contributed by atoms with E-state index >= 15 is 0 Å². The number of ether oxygens (including phenoxy) is 2. The quantitative estimate of drug-likeness (QED) is 0.427. The molecule has 1 fully saturated rings. The van der Waals surface area contributed by atoms with Gasteiger partial charge in [-0.15, -0.1) is 0 Å². The third-order valence-electron chi connectivity index (χ3n) is 5.65. The second kappa shape index (κ2) is 9.23. The Balaban J connectivity index is 1.74. The highest BCUT2D eigenvalue weighted by molar-refractivity contribution is 5.75. The number of aromatic nitrogens is 2. The van der Waals surface area contributed by atoms with Gasteiger partial charge < -0.3 is 31.0 Å². The minimum Gasteiger partial charge on any atom is -0.490 e. The Morgan fingerprint density at radius 2 is 1.88 bits per heavy atom. The highest BCUT2D eigenvalue weighted by atomic mass is 16.5. The molecule has 1 atom stereocenters. The van der Waals surface area contributed by atoms with Crippen molar-refractivity contribution in [2.24, 2.45) is 0 Å². The van der Waals surface area contributed by atoms with Crippen LogP contribution in [0, 0.1) is 0 Å². The lowest BCUT2D eigenvalue weighted by Gasteiger charge is -2.18. The number of anilines is 2. The van der Waals surface area contributed by atoms with Crippen LogP contribution < -0.4 is 26.5 Å². The van der Waals surface area contributed by atoms with E-state index in [1.807, 2.05) is 18.2 Å². The molecule has 1 saturated carbocycles. The number of carbonyl (C=O) groups is 1. The molecule has 0 bridgehead atoms. The lowest BCUT2D eigenvalue weighted by Crippen LogP contribution is -2.22. The van der Waals surface area contributed by atoms with Gasteiger partial charge in [-0.2, -0.15) is 0 Å². The first-order valence-electron chi connectivity index (χ1n) is 10.8. The van der Waals surface area contributed by atoms with Gasteiger partial charge in [-0.1, -0.05) is 18.2 Å². The molecule has 9 heteroatoms. The first-order valence-corrected chi connectivity index (χ1v) is 10.8. The molecule has 0 saturated heterocycles. The number of aromatic amines is 1. The van der Waals surface area contributed by atoms with Gasteiger partial charge in [0.15, 0.2) is 11.9 Å². The number of hydrogen-bond acceptors (Lipinski definition) is 7. The summed E-state index contributed by atoms with van der Waals surface area (Å²) in [5.41, 5.74) is 13.1. The van der Waals surface area contributed by atoms with E-state index in [0.29, 0.717) is 17.1 Å². The van der Waals surface area contributed by atoms with Crippen LogP contribution in [-0.2, 0) is 4.79 Å². The van der Waals surface area contributed by atoms with Crippen molar-refractivity contribution in [3.8, 4) is 34.0 Å². The predicted molar refractivity (Wildman–Crippen MR) is 125 cm³/mol. The van der Waals surface area contributed by atoms with Crippen molar-refractivity contribution in [3.63, 3.8) is 0 Å². The van der Waals surface area contributed by atoms with Crippen LogP contribution in [0.15, 0.2) is 47.3 Å². The fourth-order valence-corrected chi connectivity index (χ4v) is 3.81. The zero-order valence-electron chi connectivity index (χ0n) is 18.2. The van der Waals surface area contributed by atoms with Crippen LogP contribution in [-0.4, -0.2) is 33.3 Å². The van der Waals surface area contributed by atoms with Crippen LogP contribution in [0.5, 0.6) is 11.5 Å². The maximum Gasteiger partial charge on any atom is 0.344 e. The molecule has 1 heterocycles. The third-order valence-corrected chi connectivity index (χ3v) is 5.65. The number of nitrogens with one attached hydrogen (secondary N) is 1. The van der Waals surface area contributed by atoms with Crippen molar-refractivity contribution >= 4 is 17.5 Å². The smallest absolute Gasteiger partial charge is 0.344 e. The minimum absolute atomic E-state index is 0.0398. The average molecular weight is 450 g/mol. The van der Waals surface area contributed by atoms with E-state index < -0.39 is 17.6 Å². The van der Waals surface area contributed by atoms with E-state index in [-0.39, 0.29) is 23.4 Å². The molecule has 1 aromatic heterocycles. The first kappa shape index (κ1) is 22.2. The Morgan fingerprint density at radius 1 is 1.15 bits per heavy atom. The SMILES string of the molecule is CC(Oc1cccc(-c2ccc(-c3nc(N)c(N)c(=O)[nH]3)c(OC3CCCC3)c2)c1)C(=O)O. The highest BCUT2D eigenvalue weighted by Gasteiger charge is 2.21. The van der Waals surface area contributed by atoms with Gasteiger partial charge in [0.2, 0.25) is 0 Å². The molecule has 1 aliphatic rings. The van der Waals surface area contributed by atoms with Crippen molar-refractivity contribution in [2.45, 2.75) is 44.8 Å². The zero-order valence-corrected chi connectivity index (χ0v) is 18.2. The molecular weight excluding hydrogens is 424 g/mol. The van der Waals surface area contributed by atoms with Crippen LogP contribution >= 0.6 is 0 Å². The molecule has 4 rings (SSSR count). The molecule has 1 aliphatic carbocycles. The summed E-state index contributed by atoms with van der Waals surface area (Å²) in [4.78, 5) is 30.2. The van der Waals surface area contributed by atoms with Gasteiger partial charge in [0.25, 0.3) is 5.56 Å². The molecule has 1 unspecified atom stereocenters. The van der Waals surface area contributed by atoms with Gasteiger partial charge in [0.1, 0.15) is 23.0 Å². The second-order valence-electron chi connectivity index (χ2n) is 8.07. The lowest BCUT2D eigenvalue weighted by atomic mass is 10.0. The molecule has 33 heavy (non-hydrogen) atoms. The third kappa shape index (κ3) is 4.92. The maximum atomic E-state index is 12.2. The summed E-state index contributed by atoms with van der Waals surface area (Å²) < 4.78 is 11.8. The summed E-state index contributed by atoms with van der Waals surface area (Å²) in [5.74, 6) is 0.209. The van der Waals surface area contributed by atoms with E-state index in [2.05, 4.69) is 9.97 Å². The van der Waals surface area contributed by atoms with Gasteiger partial charge in [0.05, 0.1) is 11.7 Å². The molecule has 0 radical (unpaired) electrons. The fraction of sp³-hybridized carbons (Fsp3) is 0.292. The Kier molecular flexibility index (Phi) is 6.21. The maximum absolute atomic E-state index is 12.2. The Bertz CT molecular complexity index is 1230. The second-order valence-corrected chi connectivity index (χ2v) is 8.07. The van der Waals surface area contributed by atoms with Crippen LogP contribution in [0.25, 0.3) is 22.5 Å². The van der Waals surface area contributed by atoms with E-state index in [0.717, 1.165) is 36.8 Å². The van der Waals surface area contributed by atoms with Gasteiger partial charge in [-0.3, -0.25) is 4.79 Å². The predicted octanol–water partition coefficient (Wildman–Crippen LogP) is 3.44. The molecule has 0 aliphatic heterocycles. The standard InChI is InChI=1S/C24H26N4O5/c1-13(24(30)31)32-17-8-4-5-14(11-17)15-9-10-18(19(12-15)33-16-6-2-3-7-16)22-27-21(26)20(25)23(29)28-22/h4-5,8-13,16H,2-3,6-7,25H2,1H3,(H,30,31)(H3,26,27,28,29). The monoisotopic (exact) mass is 450 g/mol. The number of hydrogen-bond donors (Lipinski definition) is 4.